The second kappa shape index (κ2) is 6.94. The van der Waals surface area contributed by atoms with Gasteiger partial charge in [0.2, 0.25) is 18.3 Å². The van der Waals surface area contributed by atoms with E-state index in [-0.39, 0.29) is 17.6 Å². The number of rotatable bonds is 5. The molecule has 0 saturated heterocycles. The fourth-order valence-electron chi connectivity index (χ4n) is 2.50. The molecule has 2 aromatic rings. The van der Waals surface area contributed by atoms with Crippen molar-refractivity contribution in [1.82, 2.24) is 0 Å². The summed E-state index contributed by atoms with van der Waals surface area (Å²) >= 11 is 6.22. The third kappa shape index (κ3) is 3.21. The Balaban J connectivity index is 1.94. The molecule has 0 spiro atoms. The summed E-state index contributed by atoms with van der Waals surface area (Å²) in [5, 5.41) is 0.0155. The number of ketones is 1. The Kier molecular flexibility index (Phi) is 4.72. The van der Waals surface area contributed by atoms with Crippen LogP contribution in [0.15, 0.2) is 35.4 Å². The van der Waals surface area contributed by atoms with E-state index in [2.05, 4.69) is 0 Å². The molecule has 1 heterocycles. The summed E-state index contributed by atoms with van der Waals surface area (Å²) in [6.07, 6.45) is 1.52. The number of allylic oxidation sites excluding steroid dienone is 1. The number of carbonyl (C=O) groups is 1. The van der Waals surface area contributed by atoms with Crippen LogP contribution in [-0.4, -0.2) is 26.8 Å². The number of Topliss-reactive ketones (excluding diaryl/α,β-unsaturated/α-hetero) is 1. The molecule has 3 rings (SSSR count). The molecule has 0 aromatic heterocycles. The van der Waals surface area contributed by atoms with Crippen molar-refractivity contribution in [2.45, 2.75) is 0 Å². The molecule has 0 fully saturated rings. The highest BCUT2D eigenvalue weighted by molar-refractivity contribution is 6.47. The largest absolute Gasteiger partial charge is 0.495 e. The van der Waals surface area contributed by atoms with Crippen molar-refractivity contribution in [3.63, 3.8) is 0 Å². The van der Waals surface area contributed by atoms with Crippen molar-refractivity contribution in [2.24, 2.45) is 0 Å². The third-order valence-corrected chi connectivity index (χ3v) is 4.00. The monoisotopic (exact) mass is 361 g/mol. The minimum absolute atomic E-state index is 0.0155. The molecule has 0 atom stereocenters. The smallest absolute Gasteiger partial charge is 0.231 e. The number of hydrogen-bond donors (Lipinski definition) is 1. The molecule has 6 nitrogen and oxygen atoms in total. The topological polar surface area (TPSA) is 80.0 Å². The molecule has 0 radical (unpaired) electrons. The molecule has 0 saturated carbocycles. The quantitative estimate of drug-likeness (QED) is 0.499. The molecule has 0 amide bonds. The Morgan fingerprint density at radius 1 is 1.20 bits per heavy atom. The predicted molar refractivity (Wildman–Crippen MR) is 94.7 cm³/mol. The van der Waals surface area contributed by atoms with Crippen LogP contribution in [0.3, 0.4) is 0 Å². The maximum Gasteiger partial charge on any atom is 0.231 e. The maximum atomic E-state index is 12.5. The van der Waals surface area contributed by atoms with Crippen molar-refractivity contribution in [3.05, 3.63) is 46.5 Å². The highest BCUT2D eigenvalue weighted by atomic mass is 35.5. The SMILES string of the molecule is COc1ccc(C(=O)C(Cl)=Cc2ccc3c(c2OC)OCO3)cc1N. The molecule has 1 aliphatic heterocycles. The van der Waals surface area contributed by atoms with Gasteiger partial charge in [-0.1, -0.05) is 11.6 Å². The predicted octanol–water partition coefficient (Wildman–Crippen LogP) is 3.48. The fourth-order valence-corrected chi connectivity index (χ4v) is 2.73. The van der Waals surface area contributed by atoms with Gasteiger partial charge in [0.25, 0.3) is 0 Å². The van der Waals surface area contributed by atoms with Gasteiger partial charge in [0.1, 0.15) is 5.75 Å². The van der Waals surface area contributed by atoms with E-state index in [1.54, 1.807) is 24.3 Å². The summed E-state index contributed by atoms with van der Waals surface area (Å²) in [4.78, 5) is 12.5. The number of hydrogen-bond acceptors (Lipinski definition) is 6. The molecule has 7 heteroatoms. The minimum Gasteiger partial charge on any atom is -0.495 e. The van der Waals surface area contributed by atoms with E-state index in [1.165, 1.54) is 26.4 Å². The van der Waals surface area contributed by atoms with Crippen LogP contribution in [-0.2, 0) is 0 Å². The van der Waals surface area contributed by atoms with E-state index >= 15 is 0 Å². The Bertz CT molecular complexity index is 863. The number of fused-ring (bicyclic) bond motifs is 1. The van der Waals surface area contributed by atoms with Crippen LogP contribution in [0, 0.1) is 0 Å². The van der Waals surface area contributed by atoms with E-state index in [4.69, 9.17) is 36.3 Å². The number of anilines is 1. The first-order chi connectivity index (χ1) is 12.0. The van der Waals surface area contributed by atoms with Crippen LogP contribution in [0.1, 0.15) is 15.9 Å². The average molecular weight is 362 g/mol. The van der Waals surface area contributed by atoms with Crippen LogP contribution < -0.4 is 24.7 Å². The standard InChI is InChI=1S/C18H16ClNO5/c1-22-14-5-3-10(8-13(14)20)16(21)12(19)7-11-4-6-15-18(17(11)23-2)25-9-24-15/h3-8H,9,20H2,1-2H3. The highest BCUT2D eigenvalue weighted by Crippen LogP contribution is 2.44. The van der Waals surface area contributed by atoms with Crippen LogP contribution in [0.25, 0.3) is 6.08 Å². The fraction of sp³-hybridized carbons (Fsp3) is 0.167. The van der Waals surface area contributed by atoms with E-state index < -0.39 is 0 Å². The molecule has 130 valence electrons. The summed E-state index contributed by atoms with van der Waals surface area (Å²) < 4.78 is 21.1. The number of nitrogen functional groups attached to an aromatic ring is 1. The first-order valence-electron chi connectivity index (χ1n) is 7.37. The second-order valence-corrected chi connectivity index (χ2v) is 5.61. The van der Waals surface area contributed by atoms with E-state index in [0.717, 1.165) is 0 Å². The Morgan fingerprint density at radius 3 is 2.68 bits per heavy atom. The molecule has 1 aliphatic rings. The van der Waals surface area contributed by atoms with Crippen LogP contribution in [0.2, 0.25) is 0 Å². The summed E-state index contributed by atoms with van der Waals surface area (Å²) in [5.74, 6) is 1.65. The lowest BCUT2D eigenvalue weighted by atomic mass is 10.1. The minimum atomic E-state index is -0.365. The number of benzene rings is 2. The van der Waals surface area contributed by atoms with Crippen molar-refractivity contribution in [1.29, 1.82) is 0 Å². The maximum absolute atomic E-state index is 12.5. The number of halogens is 1. The summed E-state index contributed by atoms with van der Waals surface area (Å²) in [6.45, 7) is 0.122. The third-order valence-electron chi connectivity index (χ3n) is 3.72. The van der Waals surface area contributed by atoms with Crippen LogP contribution in [0.5, 0.6) is 23.0 Å². The van der Waals surface area contributed by atoms with Crippen molar-refractivity contribution in [2.75, 3.05) is 26.7 Å². The van der Waals surface area contributed by atoms with Gasteiger partial charge in [-0.3, -0.25) is 4.79 Å². The van der Waals surface area contributed by atoms with Gasteiger partial charge in [0.05, 0.1) is 24.9 Å². The first-order valence-corrected chi connectivity index (χ1v) is 7.75. The zero-order valence-electron chi connectivity index (χ0n) is 13.7. The molecule has 2 N–H and O–H groups in total. The Hall–Kier alpha value is -2.86. The summed E-state index contributed by atoms with van der Waals surface area (Å²) in [5.41, 5.74) is 7.16. The number of methoxy groups -OCH3 is 2. The van der Waals surface area contributed by atoms with Gasteiger partial charge in [0, 0.05) is 11.1 Å². The Labute approximate surface area is 149 Å². The summed E-state index contributed by atoms with van der Waals surface area (Å²) in [7, 11) is 3.01. The zero-order valence-corrected chi connectivity index (χ0v) is 14.4. The van der Waals surface area contributed by atoms with Crippen molar-refractivity contribution < 1.29 is 23.7 Å². The van der Waals surface area contributed by atoms with Crippen molar-refractivity contribution >= 4 is 29.1 Å². The molecule has 0 bridgehead atoms. The van der Waals surface area contributed by atoms with Gasteiger partial charge in [-0.15, -0.1) is 0 Å². The van der Waals surface area contributed by atoms with Crippen LogP contribution in [0.4, 0.5) is 5.69 Å². The highest BCUT2D eigenvalue weighted by Gasteiger charge is 2.22. The lowest BCUT2D eigenvalue weighted by Crippen LogP contribution is -2.02. The van der Waals surface area contributed by atoms with Gasteiger partial charge in [-0.25, -0.2) is 0 Å². The number of ether oxygens (including phenoxy) is 4. The lowest BCUT2D eigenvalue weighted by Gasteiger charge is -2.09. The number of nitrogens with two attached hydrogens (primary N) is 1. The zero-order chi connectivity index (χ0) is 18.0. The molecular weight excluding hydrogens is 346 g/mol. The van der Waals surface area contributed by atoms with Gasteiger partial charge in [-0.05, 0) is 36.4 Å². The first kappa shape index (κ1) is 17.0. The van der Waals surface area contributed by atoms with Gasteiger partial charge in [-0.2, -0.15) is 0 Å². The van der Waals surface area contributed by atoms with E-state index in [0.29, 0.717) is 39.8 Å². The van der Waals surface area contributed by atoms with Crippen LogP contribution >= 0.6 is 11.6 Å². The molecule has 2 aromatic carbocycles. The van der Waals surface area contributed by atoms with Gasteiger partial charge in [0.15, 0.2) is 11.5 Å². The van der Waals surface area contributed by atoms with Gasteiger partial charge < -0.3 is 24.7 Å². The van der Waals surface area contributed by atoms with Crippen molar-refractivity contribution in [3.8, 4) is 23.0 Å². The second-order valence-electron chi connectivity index (χ2n) is 5.20. The normalized spacial score (nSPS) is 12.8. The summed E-state index contributed by atoms with van der Waals surface area (Å²) in [6, 6.07) is 8.22. The molecular formula is C18H16ClNO5. The molecule has 0 unspecified atom stereocenters. The lowest BCUT2D eigenvalue weighted by molar-refractivity contribution is 0.104. The Morgan fingerprint density at radius 2 is 2.00 bits per heavy atom. The van der Waals surface area contributed by atoms with Gasteiger partial charge >= 0.3 is 0 Å². The molecule has 0 aliphatic carbocycles. The molecule has 25 heavy (non-hydrogen) atoms. The average Bonchev–Trinajstić information content (AvgIpc) is 3.09. The van der Waals surface area contributed by atoms with E-state index in [9.17, 15) is 4.79 Å². The number of carbonyl (C=O) groups excluding carboxylic acids is 1. The van der Waals surface area contributed by atoms with E-state index in [1.807, 2.05) is 0 Å².